The highest BCUT2D eigenvalue weighted by molar-refractivity contribution is 7.15. The van der Waals surface area contributed by atoms with Gasteiger partial charge in [-0.15, -0.1) is 10.2 Å². The zero-order valence-corrected chi connectivity index (χ0v) is 14.5. The summed E-state index contributed by atoms with van der Waals surface area (Å²) in [7, 11) is 1.56. The highest BCUT2D eigenvalue weighted by Crippen LogP contribution is 2.18. The van der Waals surface area contributed by atoms with Crippen LogP contribution in [0.1, 0.15) is 31.2 Å². The number of carbonyl (C=O) groups is 2. The van der Waals surface area contributed by atoms with Crippen LogP contribution in [-0.4, -0.2) is 29.1 Å². The fraction of sp³-hybridized carbons (Fsp3) is 0.375. The summed E-state index contributed by atoms with van der Waals surface area (Å²) in [4.78, 5) is 23.8. The van der Waals surface area contributed by atoms with Gasteiger partial charge in [0.1, 0.15) is 10.8 Å². The Kier molecular flexibility index (Phi) is 6.68. The average Bonchev–Trinajstić information content (AvgIpc) is 3.00. The van der Waals surface area contributed by atoms with E-state index in [4.69, 9.17) is 4.74 Å². The van der Waals surface area contributed by atoms with Gasteiger partial charge in [0.2, 0.25) is 16.9 Å². The monoisotopic (exact) mass is 348 g/mol. The van der Waals surface area contributed by atoms with Gasteiger partial charge in [0.05, 0.1) is 7.11 Å². The number of anilines is 2. The maximum Gasteiger partial charge on any atom is 0.226 e. The third kappa shape index (κ3) is 5.62. The second kappa shape index (κ2) is 8.97. The lowest BCUT2D eigenvalue weighted by Gasteiger charge is -2.06. The Morgan fingerprint density at radius 1 is 1.17 bits per heavy atom. The van der Waals surface area contributed by atoms with Gasteiger partial charge >= 0.3 is 0 Å². The summed E-state index contributed by atoms with van der Waals surface area (Å²) in [6.45, 7) is 2.06. The number of nitrogens with one attached hydrogen (secondary N) is 2. The van der Waals surface area contributed by atoms with Crippen LogP contribution in [0.4, 0.5) is 10.8 Å². The van der Waals surface area contributed by atoms with E-state index in [0.29, 0.717) is 16.6 Å². The van der Waals surface area contributed by atoms with Crippen molar-refractivity contribution in [2.45, 2.75) is 32.6 Å². The molecule has 1 aromatic carbocycles. The lowest BCUT2D eigenvalue weighted by atomic mass is 10.2. The van der Waals surface area contributed by atoms with Crippen molar-refractivity contribution in [2.24, 2.45) is 0 Å². The molecule has 0 radical (unpaired) electrons. The quantitative estimate of drug-likeness (QED) is 0.765. The van der Waals surface area contributed by atoms with Gasteiger partial charge in [0.25, 0.3) is 0 Å². The van der Waals surface area contributed by atoms with Crippen LogP contribution in [-0.2, 0) is 16.0 Å². The number of aromatic nitrogens is 2. The normalized spacial score (nSPS) is 10.2. The summed E-state index contributed by atoms with van der Waals surface area (Å²) >= 11 is 1.36. The SMILES string of the molecule is CCCc1nnc(NC(=O)CCC(=O)Nc2cccc(OC)c2)s1. The Morgan fingerprint density at radius 3 is 2.62 bits per heavy atom. The molecule has 24 heavy (non-hydrogen) atoms. The van der Waals surface area contributed by atoms with Crippen molar-refractivity contribution in [3.8, 4) is 5.75 Å². The minimum absolute atomic E-state index is 0.0818. The molecule has 0 unspecified atom stereocenters. The Bertz CT molecular complexity index is 702. The molecule has 1 heterocycles. The molecule has 2 aromatic rings. The lowest BCUT2D eigenvalue weighted by molar-refractivity contribution is -0.121. The number of ether oxygens (including phenoxy) is 1. The summed E-state index contributed by atoms with van der Waals surface area (Å²) in [6, 6.07) is 7.05. The number of methoxy groups -OCH3 is 1. The minimum Gasteiger partial charge on any atom is -0.497 e. The first-order valence-electron chi connectivity index (χ1n) is 7.67. The largest absolute Gasteiger partial charge is 0.497 e. The van der Waals surface area contributed by atoms with Gasteiger partial charge < -0.3 is 15.4 Å². The highest BCUT2D eigenvalue weighted by Gasteiger charge is 2.10. The van der Waals surface area contributed by atoms with Crippen LogP contribution in [0.15, 0.2) is 24.3 Å². The second-order valence-corrected chi connectivity index (χ2v) is 6.14. The molecule has 0 fully saturated rings. The zero-order valence-electron chi connectivity index (χ0n) is 13.7. The Hall–Kier alpha value is -2.48. The van der Waals surface area contributed by atoms with E-state index in [0.717, 1.165) is 17.8 Å². The number of nitrogens with zero attached hydrogens (tertiary/aromatic N) is 2. The maximum absolute atomic E-state index is 11.9. The minimum atomic E-state index is -0.255. The van der Waals surface area contributed by atoms with Crippen molar-refractivity contribution in [1.82, 2.24) is 10.2 Å². The molecule has 0 saturated heterocycles. The van der Waals surface area contributed by atoms with Crippen LogP contribution in [0.25, 0.3) is 0 Å². The van der Waals surface area contributed by atoms with E-state index in [2.05, 4.69) is 27.8 Å². The fourth-order valence-corrected chi connectivity index (χ4v) is 2.81. The Morgan fingerprint density at radius 2 is 1.92 bits per heavy atom. The van der Waals surface area contributed by atoms with E-state index in [1.165, 1.54) is 11.3 Å². The van der Waals surface area contributed by atoms with E-state index in [1.807, 2.05) is 0 Å². The van der Waals surface area contributed by atoms with Crippen molar-refractivity contribution in [1.29, 1.82) is 0 Å². The van der Waals surface area contributed by atoms with Crippen LogP contribution in [0.3, 0.4) is 0 Å². The lowest BCUT2D eigenvalue weighted by Crippen LogP contribution is -2.17. The molecular weight excluding hydrogens is 328 g/mol. The number of hydrogen-bond acceptors (Lipinski definition) is 6. The van der Waals surface area contributed by atoms with Crippen LogP contribution >= 0.6 is 11.3 Å². The van der Waals surface area contributed by atoms with Gasteiger partial charge in [-0.1, -0.05) is 24.3 Å². The van der Waals surface area contributed by atoms with Crippen molar-refractivity contribution < 1.29 is 14.3 Å². The molecule has 0 aliphatic heterocycles. The van der Waals surface area contributed by atoms with E-state index < -0.39 is 0 Å². The number of carbonyl (C=O) groups excluding carboxylic acids is 2. The van der Waals surface area contributed by atoms with Gasteiger partial charge in [0, 0.05) is 31.0 Å². The molecule has 0 bridgehead atoms. The predicted molar refractivity (Wildman–Crippen MR) is 93.4 cm³/mol. The third-order valence-corrected chi connectivity index (χ3v) is 4.01. The van der Waals surface area contributed by atoms with E-state index in [-0.39, 0.29) is 24.7 Å². The molecule has 7 nitrogen and oxygen atoms in total. The molecule has 0 aliphatic carbocycles. The zero-order chi connectivity index (χ0) is 17.4. The first kappa shape index (κ1) is 17.9. The molecule has 128 valence electrons. The van der Waals surface area contributed by atoms with Crippen LogP contribution in [0.2, 0.25) is 0 Å². The van der Waals surface area contributed by atoms with E-state index >= 15 is 0 Å². The predicted octanol–water partition coefficient (Wildman–Crippen LogP) is 2.86. The van der Waals surface area contributed by atoms with Crippen molar-refractivity contribution in [3.05, 3.63) is 29.3 Å². The molecule has 8 heteroatoms. The first-order chi connectivity index (χ1) is 11.6. The summed E-state index contributed by atoms with van der Waals surface area (Å²) < 4.78 is 5.09. The number of rotatable bonds is 8. The van der Waals surface area contributed by atoms with Crippen LogP contribution in [0, 0.1) is 0 Å². The molecule has 0 aliphatic rings. The van der Waals surface area contributed by atoms with E-state index in [1.54, 1.807) is 31.4 Å². The summed E-state index contributed by atoms with van der Waals surface area (Å²) in [5.74, 6) is 0.169. The molecular formula is C16H20N4O3S. The average molecular weight is 348 g/mol. The molecule has 2 rings (SSSR count). The molecule has 2 amide bonds. The molecule has 0 saturated carbocycles. The molecule has 0 atom stereocenters. The summed E-state index contributed by atoms with van der Waals surface area (Å²) in [5, 5.41) is 14.7. The molecule has 1 aromatic heterocycles. The molecule has 0 spiro atoms. The smallest absolute Gasteiger partial charge is 0.226 e. The van der Waals surface area contributed by atoms with Crippen LogP contribution in [0.5, 0.6) is 5.75 Å². The summed E-state index contributed by atoms with van der Waals surface area (Å²) in [6.07, 6.45) is 1.99. The molecule has 2 N–H and O–H groups in total. The van der Waals surface area contributed by atoms with Crippen molar-refractivity contribution in [3.63, 3.8) is 0 Å². The van der Waals surface area contributed by atoms with Gasteiger partial charge in [-0.25, -0.2) is 0 Å². The van der Waals surface area contributed by atoms with Gasteiger partial charge in [-0.3, -0.25) is 9.59 Å². The van der Waals surface area contributed by atoms with Crippen molar-refractivity contribution >= 4 is 34.0 Å². The number of hydrogen-bond donors (Lipinski definition) is 2. The number of amides is 2. The van der Waals surface area contributed by atoms with Gasteiger partial charge in [-0.05, 0) is 18.6 Å². The Labute approximate surface area is 144 Å². The van der Waals surface area contributed by atoms with E-state index in [9.17, 15) is 9.59 Å². The topological polar surface area (TPSA) is 93.2 Å². The third-order valence-electron chi connectivity index (χ3n) is 3.11. The van der Waals surface area contributed by atoms with Crippen molar-refractivity contribution in [2.75, 3.05) is 17.7 Å². The standard InChI is InChI=1S/C16H20N4O3S/c1-3-5-15-19-20-16(24-15)18-14(22)9-8-13(21)17-11-6-4-7-12(10-11)23-2/h4,6-7,10H,3,5,8-9H2,1-2H3,(H,17,21)(H,18,20,22). The maximum atomic E-state index is 11.9. The summed E-state index contributed by atoms with van der Waals surface area (Å²) in [5.41, 5.74) is 0.632. The Balaban J connectivity index is 1.76. The van der Waals surface area contributed by atoms with Gasteiger partial charge in [0.15, 0.2) is 0 Å². The second-order valence-electron chi connectivity index (χ2n) is 5.08. The van der Waals surface area contributed by atoms with Crippen LogP contribution < -0.4 is 15.4 Å². The van der Waals surface area contributed by atoms with Gasteiger partial charge in [-0.2, -0.15) is 0 Å². The first-order valence-corrected chi connectivity index (χ1v) is 8.48. The number of aryl methyl sites for hydroxylation is 1. The highest BCUT2D eigenvalue weighted by atomic mass is 32.1. The number of benzene rings is 1. The fourth-order valence-electron chi connectivity index (χ4n) is 1.95.